The first kappa shape index (κ1) is 14.5. The second kappa shape index (κ2) is 5.85. The fourth-order valence-corrected chi connectivity index (χ4v) is 2.84. The largest absolute Gasteiger partial charge is 0.508 e. The minimum absolute atomic E-state index is 0.0233. The average Bonchev–Trinajstić information content (AvgIpc) is 3.24. The summed E-state index contributed by atoms with van der Waals surface area (Å²) in [7, 11) is 0. The smallest absolute Gasteiger partial charge is 0.211 e. The first-order chi connectivity index (χ1) is 11.7. The Balaban J connectivity index is 1.71. The van der Waals surface area contributed by atoms with Crippen LogP contribution < -0.4 is 5.32 Å². The van der Waals surface area contributed by atoms with E-state index < -0.39 is 0 Å². The molecule has 4 rings (SSSR count). The number of rotatable bonds is 4. The van der Waals surface area contributed by atoms with Crippen LogP contribution in [0.4, 0.5) is 10.9 Å². The van der Waals surface area contributed by atoms with E-state index in [2.05, 4.69) is 30.8 Å². The van der Waals surface area contributed by atoms with Crippen molar-refractivity contribution in [3.05, 3.63) is 53.3 Å². The van der Waals surface area contributed by atoms with Gasteiger partial charge in [-0.05, 0) is 29.8 Å². The zero-order valence-corrected chi connectivity index (χ0v) is 13.5. The number of hydrogen-bond donors (Lipinski definition) is 2. The molecule has 3 aromatic heterocycles. The molecule has 1 atom stereocenters. The van der Waals surface area contributed by atoms with Gasteiger partial charge in [0.15, 0.2) is 17.3 Å². The van der Waals surface area contributed by atoms with Crippen LogP contribution in [0.3, 0.4) is 0 Å². The maximum absolute atomic E-state index is 9.44. The zero-order valence-electron chi connectivity index (χ0n) is 12.7. The van der Waals surface area contributed by atoms with Crippen molar-refractivity contribution in [3.63, 3.8) is 0 Å². The van der Waals surface area contributed by atoms with Gasteiger partial charge in [0.25, 0.3) is 0 Å². The lowest BCUT2D eigenvalue weighted by Gasteiger charge is -2.10. The standard InChI is InChI=1S/C15H13N7OS/c1-9(10-2-4-11(23)5-3-10)14-19-18-13-7-6-12(21-22(13)14)17-15-20-16-8-24-15/h2-9,23H,1H3,(H,17,20,21)/t9-/m0/s1. The number of aromatic nitrogens is 6. The number of nitrogens with zero attached hydrogens (tertiary/aromatic N) is 6. The fraction of sp³-hybridized carbons (Fsp3) is 0.133. The third kappa shape index (κ3) is 2.65. The van der Waals surface area contributed by atoms with Gasteiger partial charge in [-0.2, -0.15) is 4.52 Å². The van der Waals surface area contributed by atoms with Crippen LogP contribution in [-0.4, -0.2) is 35.1 Å². The summed E-state index contributed by atoms with van der Waals surface area (Å²) in [6.07, 6.45) is 0. The maximum Gasteiger partial charge on any atom is 0.211 e. The first-order valence-electron chi connectivity index (χ1n) is 7.25. The number of benzene rings is 1. The molecule has 0 amide bonds. The Hall–Kier alpha value is -3.07. The molecule has 0 radical (unpaired) electrons. The summed E-state index contributed by atoms with van der Waals surface area (Å²) >= 11 is 1.40. The van der Waals surface area contributed by atoms with Crippen LogP contribution in [0.25, 0.3) is 5.65 Å². The second-order valence-electron chi connectivity index (χ2n) is 5.23. The molecule has 0 aliphatic rings. The SMILES string of the molecule is C[C@@H](c1ccc(O)cc1)c1nnc2ccc(Nc3nncs3)nn12. The van der Waals surface area contributed by atoms with Gasteiger partial charge in [0.05, 0.1) is 0 Å². The maximum atomic E-state index is 9.44. The van der Waals surface area contributed by atoms with Crippen molar-refractivity contribution in [2.75, 3.05) is 5.32 Å². The third-order valence-corrected chi connectivity index (χ3v) is 4.27. The van der Waals surface area contributed by atoms with Gasteiger partial charge < -0.3 is 10.4 Å². The predicted octanol–water partition coefficient (Wildman–Crippen LogP) is 2.58. The van der Waals surface area contributed by atoms with Gasteiger partial charge in [-0.25, -0.2) is 0 Å². The van der Waals surface area contributed by atoms with Crippen LogP contribution in [0.1, 0.15) is 24.2 Å². The molecule has 24 heavy (non-hydrogen) atoms. The molecule has 2 N–H and O–H groups in total. The molecule has 9 heteroatoms. The molecule has 0 saturated heterocycles. The minimum atomic E-state index is -0.0233. The highest BCUT2D eigenvalue weighted by molar-refractivity contribution is 7.13. The number of fused-ring (bicyclic) bond motifs is 1. The third-order valence-electron chi connectivity index (χ3n) is 3.66. The van der Waals surface area contributed by atoms with E-state index in [4.69, 9.17) is 0 Å². The van der Waals surface area contributed by atoms with Crippen LogP contribution >= 0.6 is 11.3 Å². The molecule has 0 saturated carbocycles. The summed E-state index contributed by atoms with van der Waals surface area (Å²) in [5.41, 5.74) is 3.34. The van der Waals surface area contributed by atoms with Crippen LogP contribution in [0.15, 0.2) is 41.9 Å². The molecule has 8 nitrogen and oxygen atoms in total. The van der Waals surface area contributed by atoms with Crippen LogP contribution in [0.2, 0.25) is 0 Å². The van der Waals surface area contributed by atoms with Crippen molar-refractivity contribution >= 4 is 27.9 Å². The summed E-state index contributed by atoms with van der Waals surface area (Å²) in [5, 5.41) is 33.9. The van der Waals surface area contributed by atoms with Crippen LogP contribution in [0, 0.1) is 0 Å². The minimum Gasteiger partial charge on any atom is -0.508 e. The van der Waals surface area contributed by atoms with Gasteiger partial charge in [-0.15, -0.1) is 25.5 Å². The molecule has 0 aliphatic carbocycles. The van der Waals surface area contributed by atoms with E-state index in [9.17, 15) is 5.11 Å². The summed E-state index contributed by atoms with van der Waals surface area (Å²) in [5.74, 6) is 1.57. The van der Waals surface area contributed by atoms with E-state index in [0.717, 1.165) is 11.4 Å². The Morgan fingerprint density at radius 3 is 2.67 bits per heavy atom. The predicted molar refractivity (Wildman–Crippen MR) is 89.6 cm³/mol. The quantitative estimate of drug-likeness (QED) is 0.589. The van der Waals surface area contributed by atoms with E-state index in [-0.39, 0.29) is 11.7 Å². The molecule has 0 aliphatic heterocycles. The highest BCUT2D eigenvalue weighted by Gasteiger charge is 2.17. The van der Waals surface area contributed by atoms with E-state index in [0.29, 0.717) is 16.6 Å². The molecular weight excluding hydrogens is 326 g/mol. The van der Waals surface area contributed by atoms with Gasteiger partial charge >= 0.3 is 0 Å². The molecule has 0 fully saturated rings. The van der Waals surface area contributed by atoms with Gasteiger partial charge in [0.2, 0.25) is 5.13 Å². The second-order valence-corrected chi connectivity index (χ2v) is 6.06. The lowest BCUT2D eigenvalue weighted by Crippen LogP contribution is -2.06. The lowest BCUT2D eigenvalue weighted by atomic mass is 10.0. The Bertz CT molecular complexity index is 965. The highest BCUT2D eigenvalue weighted by Crippen LogP contribution is 2.25. The summed E-state index contributed by atoms with van der Waals surface area (Å²) < 4.78 is 1.71. The molecule has 1 aromatic carbocycles. The number of aromatic hydroxyl groups is 1. The molecular formula is C15H13N7OS. The molecule has 0 spiro atoms. The number of hydrogen-bond acceptors (Lipinski definition) is 8. The van der Waals surface area contributed by atoms with Crippen molar-refractivity contribution < 1.29 is 5.11 Å². The zero-order chi connectivity index (χ0) is 16.5. The van der Waals surface area contributed by atoms with Crippen LogP contribution in [-0.2, 0) is 0 Å². The molecule has 0 bridgehead atoms. The Labute approximate surface area is 140 Å². The van der Waals surface area contributed by atoms with Crippen LogP contribution in [0.5, 0.6) is 5.75 Å². The summed E-state index contributed by atoms with van der Waals surface area (Å²) in [4.78, 5) is 0. The molecule has 120 valence electrons. The Morgan fingerprint density at radius 1 is 1.08 bits per heavy atom. The van der Waals surface area contributed by atoms with Crippen molar-refractivity contribution in [1.29, 1.82) is 0 Å². The van der Waals surface area contributed by atoms with Gasteiger partial charge in [-0.3, -0.25) is 0 Å². The van der Waals surface area contributed by atoms with E-state index >= 15 is 0 Å². The van der Waals surface area contributed by atoms with Crippen molar-refractivity contribution in [2.24, 2.45) is 0 Å². The normalized spacial score (nSPS) is 12.4. The van der Waals surface area contributed by atoms with Crippen molar-refractivity contribution in [2.45, 2.75) is 12.8 Å². The Kier molecular flexibility index (Phi) is 3.54. The van der Waals surface area contributed by atoms with E-state index in [1.54, 1.807) is 22.2 Å². The van der Waals surface area contributed by atoms with Gasteiger partial charge in [0, 0.05) is 5.92 Å². The summed E-state index contributed by atoms with van der Waals surface area (Å²) in [6.45, 7) is 2.02. The summed E-state index contributed by atoms with van der Waals surface area (Å²) in [6, 6.07) is 10.7. The number of phenols is 1. The number of phenolic OH excluding ortho intramolecular Hbond substituents is 1. The van der Waals surface area contributed by atoms with E-state index in [1.165, 1.54) is 11.3 Å². The fourth-order valence-electron chi connectivity index (χ4n) is 2.39. The monoisotopic (exact) mass is 339 g/mol. The lowest BCUT2D eigenvalue weighted by molar-refractivity contribution is 0.475. The topological polar surface area (TPSA) is 101 Å². The van der Waals surface area contributed by atoms with Gasteiger partial charge in [-0.1, -0.05) is 30.4 Å². The van der Waals surface area contributed by atoms with Crippen molar-refractivity contribution in [3.8, 4) is 5.75 Å². The van der Waals surface area contributed by atoms with Gasteiger partial charge in [0.1, 0.15) is 11.3 Å². The van der Waals surface area contributed by atoms with Crippen molar-refractivity contribution in [1.82, 2.24) is 30.0 Å². The molecule has 0 unspecified atom stereocenters. The Morgan fingerprint density at radius 2 is 1.92 bits per heavy atom. The molecule has 3 heterocycles. The number of anilines is 2. The molecule has 4 aromatic rings. The van der Waals surface area contributed by atoms with E-state index in [1.807, 2.05) is 31.2 Å². The average molecular weight is 339 g/mol. The number of nitrogens with one attached hydrogen (secondary N) is 1. The highest BCUT2D eigenvalue weighted by atomic mass is 32.1. The first-order valence-corrected chi connectivity index (χ1v) is 8.13.